The van der Waals surface area contributed by atoms with Crippen LogP contribution >= 0.6 is 18.9 Å². The fourth-order valence-corrected chi connectivity index (χ4v) is 10.1. The first kappa shape index (κ1) is 35.3. The summed E-state index contributed by atoms with van der Waals surface area (Å²) in [5.41, 5.74) is -2.77. The Morgan fingerprint density at radius 3 is 2.27 bits per heavy atom. The first-order valence-electron chi connectivity index (χ1n) is 13.9. The molecule has 4 atom stereocenters. The molecule has 0 amide bonds. The van der Waals surface area contributed by atoms with Crippen molar-refractivity contribution in [3.8, 4) is 0 Å². The van der Waals surface area contributed by atoms with Crippen LogP contribution in [0.4, 0.5) is 13.2 Å². The van der Waals surface area contributed by atoms with E-state index in [4.69, 9.17) is 18.9 Å². The Hall–Kier alpha value is -4.04. The second-order valence-corrected chi connectivity index (χ2v) is 17.3. The van der Waals surface area contributed by atoms with Crippen LogP contribution in [-0.4, -0.2) is 79.9 Å². The molecule has 11 nitrogen and oxygen atoms in total. The standard InChI is InChI=1S/C32H25F3I2N3O8/c1-32(17-46-29(42)19-8-3-11-37(2)25(19)33)24(47-31(44)21-10-6-14-40-27(21)35)23(36-28(41)18-7-4-12-38-15-18)22(48-32)16-45-30(43)20-9-5-13-39-26(20)34/h3-15,22-24H,2,16-17H2,1H3/q-1/t22-,23-,24+,32?/m1/s1. The van der Waals surface area contributed by atoms with Gasteiger partial charge in [0, 0.05) is 0 Å². The topological polar surface area (TPSA) is 144 Å². The number of pyridine rings is 3. The van der Waals surface area contributed by atoms with Gasteiger partial charge in [-0.3, -0.25) is 0 Å². The average molecular weight is 890 g/mol. The Kier molecular flexibility index (Phi) is 11.4. The molecule has 5 rings (SSSR count). The molecule has 2 aliphatic heterocycles. The predicted molar refractivity (Wildman–Crippen MR) is 169 cm³/mol. The Balaban J connectivity index is 1.48. The van der Waals surface area contributed by atoms with Gasteiger partial charge in [-0.05, 0) is 0 Å². The van der Waals surface area contributed by atoms with E-state index >= 15 is 0 Å². The van der Waals surface area contributed by atoms with Crippen LogP contribution in [-0.2, 0) is 23.7 Å². The predicted octanol–water partition coefficient (Wildman–Crippen LogP) is 1.02. The summed E-state index contributed by atoms with van der Waals surface area (Å²) in [7, 11) is 0. The van der Waals surface area contributed by atoms with E-state index in [2.05, 4.69) is 19.5 Å². The van der Waals surface area contributed by atoms with Gasteiger partial charge in [0.15, 0.2) is 0 Å². The molecule has 3 aromatic heterocycles. The number of hydrogen-bond donors (Lipinski definition) is 0. The van der Waals surface area contributed by atoms with Crippen molar-refractivity contribution in [1.82, 2.24) is 15.0 Å². The van der Waals surface area contributed by atoms with Gasteiger partial charge in [-0.2, -0.15) is 0 Å². The number of esters is 3. The monoisotopic (exact) mass is 890 g/mol. The third-order valence-electron chi connectivity index (χ3n) is 6.97. The van der Waals surface area contributed by atoms with E-state index in [0.29, 0.717) is 0 Å². The molecule has 16 heteroatoms. The minimum absolute atomic E-state index is 0.248. The van der Waals surface area contributed by atoms with Crippen LogP contribution in [0.5, 0.6) is 0 Å². The number of carbonyl (C=O) groups excluding carboxylic acids is 4. The molecule has 0 radical (unpaired) electrons. The molecule has 48 heavy (non-hydrogen) atoms. The SMILES string of the molecule is C=I1=C(F)C(C(=O)OCC2(C)O[C@H](COC(=O)c3cccnc3F)[C@@H]([I-]C(=O)c3cccnc3)[C@@H]2OC(=O)c2cccnc2F)=CC=C1. The fourth-order valence-electron chi connectivity index (χ4n) is 4.62. The molecule has 0 bridgehead atoms. The van der Waals surface area contributed by atoms with Gasteiger partial charge in [0.25, 0.3) is 0 Å². The van der Waals surface area contributed by atoms with Crippen LogP contribution in [0.3, 0.4) is 0 Å². The van der Waals surface area contributed by atoms with Gasteiger partial charge in [-0.25, -0.2) is 0 Å². The number of alkyl halides is 1. The van der Waals surface area contributed by atoms with Crippen LogP contribution in [0.25, 0.3) is 0 Å². The first-order chi connectivity index (χ1) is 23.0. The van der Waals surface area contributed by atoms with Crippen molar-refractivity contribution in [3.05, 3.63) is 112 Å². The summed E-state index contributed by atoms with van der Waals surface area (Å²) in [5, 5.41) is 0. The molecule has 1 unspecified atom stereocenters. The summed E-state index contributed by atoms with van der Waals surface area (Å²) in [4.78, 5) is 63.5. The molecule has 2 aliphatic rings. The maximum absolute atomic E-state index is 14.8. The van der Waals surface area contributed by atoms with Gasteiger partial charge in [0.2, 0.25) is 0 Å². The van der Waals surface area contributed by atoms with E-state index in [9.17, 15) is 32.3 Å². The van der Waals surface area contributed by atoms with Gasteiger partial charge in [0.1, 0.15) is 0 Å². The van der Waals surface area contributed by atoms with Crippen molar-refractivity contribution in [2.75, 3.05) is 13.2 Å². The Morgan fingerprint density at radius 1 is 0.958 bits per heavy atom. The molecule has 0 spiro atoms. The van der Waals surface area contributed by atoms with E-state index < -0.39 is 120 Å². The normalized spacial score (nSPS) is 22.2. The summed E-state index contributed by atoms with van der Waals surface area (Å²) in [5.74, 6) is -5.46. The van der Waals surface area contributed by atoms with E-state index in [1.165, 1.54) is 49.7 Å². The second-order valence-electron chi connectivity index (χ2n) is 10.3. The quantitative estimate of drug-likeness (QED) is 0.0681. The van der Waals surface area contributed by atoms with Crippen LogP contribution in [0, 0.1) is 11.9 Å². The minimum atomic E-state index is -2.55. The number of halogens is 5. The molecule has 0 aromatic carbocycles. The van der Waals surface area contributed by atoms with Crippen molar-refractivity contribution in [3.63, 3.8) is 0 Å². The van der Waals surface area contributed by atoms with Crippen molar-refractivity contribution >= 4 is 48.8 Å². The summed E-state index contributed by atoms with van der Waals surface area (Å²) in [6.07, 6.45) is 5.31. The number of allylic oxidation sites excluding steroid dienone is 2. The number of ether oxygens (including phenoxy) is 4. The molecule has 0 N–H and O–H groups in total. The summed E-state index contributed by atoms with van der Waals surface area (Å²) in [6.45, 7) is 0.244. The third-order valence-corrected chi connectivity index (χ3v) is 13.4. The Labute approximate surface area is 288 Å². The van der Waals surface area contributed by atoms with Crippen LogP contribution in [0.15, 0.2) is 83.0 Å². The van der Waals surface area contributed by atoms with Gasteiger partial charge in [0.05, 0.1) is 0 Å². The van der Waals surface area contributed by atoms with Crippen molar-refractivity contribution in [2.24, 2.45) is 0 Å². The summed E-state index contributed by atoms with van der Waals surface area (Å²) in [6, 6.07) is 8.06. The third kappa shape index (κ3) is 7.97. The molecule has 1 fully saturated rings. The summed E-state index contributed by atoms with van der Waals surface area (Å²) >= 11 is -4.27. The molecule has 1 saturated heterocycles. The van der Waals surface area contributed by atoms with Crippen LogP contribution in [0.2, 0.25) is 0 Å². The number of hydrogen-bond acceptors (Lipinski definition) is 11. The van der Waals surface area contributed by atoms with Gasteiger partial charge in [-0.15, -0.1) is 0 Å². The van der Waals surface area contributed by atoms with Crippen molar-refractivity contribution in [2.45, 2.75) is 28.7 Å². The van der Waals surface area contributed by atoms with E-state index in [1.807, 2.05) is 0 Å². The first-order valence-corrected chi connectivity index (χ1v) is 20.1. The molecule has 0 aliphatic carbocycles. The van der Waals surface area contributed by atoms with Crippen molar-refractivity contribution < 1.29 is 72.5 Å². The molecule has 252 valence electrons. The fraction of sp³-hybridized carbons (Fsp3) is 0.219. The zero-order chi connectivity index (χ0) is 34.4. The van der Waals surface area contributed by atoms with Crippen LogP contribution in [0.1, 0.15) is 38.0 Å². The molecule has 0 saturated carbocycles. The molecular formula is C32H25F3I2N3O8-. The van der Waals surface area contributed by atoms with Crippen LogP contribution < -0.4 is 21.2 Å². The Morgan fingerprint density at radius 2 is 1.62 bits per heavy atom. The summed E-state index contributed by atoms with van der Waals surface area (Å²) < 4.78 is 69.8. The molecular weight excluding hydrogens is 865 g/mol. The van der Waals surface area contributed by atoms with Gasteiger partial charge in [-0.1, -0.05) is 0 Å². The molecule has 3 aromatic rings. The Bertz CT molecular complexity index is 1900. The van der Waals surface area contributed by atoms with Gasteiger partial charge >= 0.3 is 290 Å². The number of aromatic nitrogens is 3. The maximum atomic E-state index is 14.8. The van der Waals surface area contributed by atoms with Gasteiger partial charge < -0.3 is 0 Å². The van der Waals surface area contributed by atoms with Crippen molar-refractivity contribution in [1.29, 1.82) is 0 Å². The zero-order valence-electron chi connectivity index (χ0n) is 24.9. The van der Waals surface area contributed by atoms with E-state index in [-0.39, 0.29) is 14.9 Å². The zero-order valence-corrected chi connectivity index (χ0v) is 29.2. The number of carbonyl (C=O) groups is 4. The second kappa shape index (κ2) is 15.5. The number of rotatable bonds is 11. The number of nitrogens with zero attached hydrogens (tertiary/aromatic N) is 3. The van der Waals surface area contributed by atoms with E-state index in [0.717, 1.165) is 24.5 Å². The average Bonchev–Trinajstić information content (AvgIpc) is 3.34. The van der Waals surface area contributed by atoms with E-state index in [1.54, 1.807) is 10.1 Å². The molecule has 5 heterocycles.